The molecule has 0 aliphatic rings. The minimum absolute atomic E-state index is 0.105. The molecule has 492 valence electrons. The second-order valence-electron chi connectivity index (χ2n) is 24.1. The predicted octanol–water partition coefficient (Wildman–Crippen LogP) is 17.7. The number of ether oxygens (including phenoxy) is 4. The number of phosphoric acid groups is 2. The molecule has 0 aliphatic carbocycles. The van der Waals surface area contributed by atoms with Crippen LogP contribution in [0.5, 0.6) is 0 Å². The number of esters is 4. The first-order chi connectivity index (χ1) is 39.9. The smallest absolute Gasteiger partial charge is 0.462 e. The molecule has 83 heavy (non-hydrogen) atoms. The first kappa shape index (κ1) is 81.1. The van der Waals surface area contributed by atoms with Crippen LogP contribution >= 0.6 is 15.6 Å². The molecule has 0 spiro atoms. The highest BCUT2D eigenvalue weighted by Gasteiger charge is 2.30. The molecule has 2 unspecified atom stereocenters. The number of carbonyl (C=O) groups excluding carboxylic acids is 4. The minimum Gasteiger partial charge on any atom is -0.462 e. The molecule has 0 saturated heterocycles. The molecule has 0 heterocycles. The van der Waals surface area contributed by atoms with E-state index in [1.54, 1.807) is 0 Å². The Kier molecular flexibility index (Phi) is 55.2. The second-order valence-corrected chi connectivity index (χ2v) is 27.0. The van der Waals surface area contributed by atoms with Crippen LogP contribution in [0.25, 0.3) is 0 Å². The Bertz CT molecular complexity index is 1630. The van der Waals surface area contributed by atoms with Gasteiger partial charge >= 0.3 is 39.5 Å². The summed E-state index contributed by atoms with van der Waals surface area (Å²) in [7, 11) is -9.88. The number of aliphatic hydroxyl groups is 1. The highest BCUT2D eigenvalue weighted by atomic mass is 31.2. The number of unbranched alkanes of at least 4 members (excludes halogenated alkanes) is 33. The molecule has 19 heteroatoms. The van der Waals surface area contributed by atoms with Gasteiger partial charge in [0.05, 0.1) is 26.4 Å². The van der Waals surface area contributed by atoms with Crippen molar-refractivity contribution in [2.24, 2.45) is 11.8 Å². The normalized spacial score (nSPS) is 14.3. The van der Waals surface area contributed by atoms with Gasteiger partial charge in [0.25, 0.3) is 0 Å². The topological polar surface area (TPSA) is 237 Å². The second kappa shape index (κ2) is 56.6. The van der Waals surface area contributed by atoms with Crippen LogP contribution in [0.2, 0.25) is 0 Å². The van der Waals surface area contributed by atoms with E-state index in [-0.39, 0.29) is 25.7 Å². The van der Waals surface area contributed by atoms with E-state index in [2.05, 4.69) is 41.5 Å². The van der Waals surface area contributed by atoms with E-state index in [9.17, 15) is 43.2 Å². The van der Waals surface area contributed by atoms with E-state index in [1.165, 1.54) is 128 Å². The van der Waals surface area contributed by atoms with Crippen LogP contribution in [-0.4, -0.2) is 96.7 Å². The summed E-state index contributed by atoms with van der Waals surface area (Å²) in [6.45, 7) is 9.42. The molecule has 0 aromatic carbocycles. The summed E-state index contributed by atoms with van der Waals surface area (Å²) < 4.78 is 68.0. The molecule has 0 radical (unpaired) electrons. The average Bonchev–Trinajstić information content (AvgIpc) is 3.45. The van der Waals surface area contributed by atoms with Crippen LogP contribution in [-0.2, 0) is 65.4 Å². The maximum atomic E-state index is 13.0. The third kappa shape index (κ3) is 58.8. The Morgan fingerprint density at radius 2 is 0.554 bits per heavy atom. The van der Waals surface area contributed by atoms with Crippen LogP contribution in [0.4, 0.5) is 0 Å². The van der Waals surface area contributed by atoms with Gasteiger partial charge in [-0.25, -0.2) is 9.13 Å². The van der Waals surface area contributed by atoms with Gasteiger partial charge in [-0.05, 0) is 37.5 Å². The van der Waals surface area contributed by atoms with E-state index in [0.717, 1.165) is 108 Å². The summed E-state index contributed by atoms with van der Waals surface area (Å²) in [6, 6.07) is 0. The molecule has 17 nitrogen and oxygen atoms in total. The Hall–Kier alpha value is -1.94. The van der Waals surface area contributed by atoms with E-state index in [1.807, 2.05) is 0 Å². The molecule has 0 fully saturated rings. The third-order valence-electron chi connectivity index (χ3n) is 14.7. The van der Waals surface area contributed by atoms with Crippen molar-refractivity contribution in [3.8, 4) is 0 Å². The highest BCUT2D eigenvalue weighted by Crippen LogP contribution is 2.45. The maximum absolute atomic E-state index is 13.0. The van der Waals surface area contributed by atoms with Crippen molar-refractivity contribution in [1.29, 1.82) is 0 Å². The predicted molar refractivity (Wildman–Crippen MR) is 331 cm³/mol. The standard InChI is InChI=1S/C64H124O17P2/c1-7-9-11-13-15-17-18-22-30-36-42-48-63(68)80-59(52-74-61(66)46-40-34-28-16-14-12-10-8-2)54-78-82(70,71)76-50-58(65)51-77-83(72,73)79-55-60(53-75-62(67)47-41-35-29-25-24-27-33-39-45-57(5)6)81-64(69)49-43-37-31-23-20-19-21-26-32-38-44-56(3)4/h56-60,65H,7-55H2,1-6H3,(H,70,71)(H,72,73)/t58-,59+,60+/m0/s1. The lowest BCUT2D eigenvalue weighted by molar-refractivity contribution is -0.161. The molecule has 0 rings (SSSR count). The first-order valence-electron chi connectivity index (χ1n) is 33.5. The van der Waals surface area contributed by atoms with E-state index in [0.29, 0.717) is 25.7 Å². The molecule has 3 N–H and O–H groups in total. The Morgan fingerprint density at radius 1 is 0.325 bits per heavy atom. The molecule has 5 atom stereocenters. The van der Waals surface area contributed by atoms with Crippen molar-refractivity contribution in [2.45, 2.75) is 336 Å². The van der Waals surface area contributed by atoms with Gasteiger partial charge in [0.2, 0.25) is 0 Å². The summed E-state index contributed by atoms with van der Waals surface area (Å²) in [4.78, 5) is 72.1. The minimum atomic E-state index is -4.94. The fourth-order valence-corrected chi connectivity index (χ4v) is 11.1. The molecule has 0 saturated carbocycles. The number of carbonyl (C=O) groups is 4. The number of hydrogen-bond acceptors (Lipinski definition) is 15. The van der Waals surface area contributed by atoms with E-state index in [4.69, 9.17) is 37.0 Å². The van der Waals surface area contributed by atoms with Crippen molar-refractivity contribution >= 4 is 39.5 Å². The molecule has 0 bridgehead atoms. The zero-order chi connectivity index (χ0) is 61.5. The van der Waals surface area contributed by atoms with E-state index < -0.39 is 97.5 Å². The zero-order valence-electron chi connectivity index (χ0n) is 53.5. The van der Waals surface area contributed by atoms with Crippen molar-refractivity contribution in [2.75, 3.05) is 39.6 Å². The molecular weight excluding hydrogens is 1100 g/mol. The van der Waals surface area contributed by atoms with E-state index >= 15 is 0 Å². The van der Waals surface area contributed by atoms with Crippen LogP contribution in [0.15, 0.2) is 0 Å². The molecule has 0 amide bonds. The fraction of sp³-hybridized carbons (Fsp3) is 0.938. The summed E-state index contributed by atoms with van der Waals surface area (Å²) >= 11 is 0. The third-order valence-corrected chi connectivity index (χ3v) is 16.6. The lowest BCUT2D eigenvalue weighted by Crippen LogP contribution is -2.30. The van der Waals surface area contributed by atoms with Gasteiger partial charge in [-0.1, -0.05) is 266 Å². The van der Waals surface area contributed by atoms with Gasteiger partial charge in [-0.15, -0.1) is 0 Å². The van der Waals surface area contributed by atoms with Gasteiger partial charge in [0, 0.05) is 25.7 Å². The van der Waals surface area contributed by atoms with Crippen LogP contribution < -0.4 is 0 Å². The lowest BCUT2D eigenvalue weighted by Gasteiger charge is -2.21. The zero-order valence-corrected chi connectivity index (χ0v) is 55.3. The van der Waals surface area contributed by atoms with Crippen molar-refractivity contribution < 1.29 is 80.2 Å². The highest BCUT2D eigenvalue weighted by molar-refractivity contribution is 7.47. The summed E-state index contributed by atoms with van der Waals surface area (Å²) in [6.07, 6.45) is 38.9. The van der Waals surface area contributed by atoms with Gasteiger partial charge in [0.1, 0.15) is 19.3 Å². The monoisotopic (exact) mass is 1230 g/mol. The lowest BCUT2D eigenvalue weighted by atomic mass is 10.0. The van der Waals surface area contributed by atoms with Gasteiger partial charge < -0.3 is 33.8 Å². The van der Waals surface area contributed by atoms with Crippen LogP contribution in [0.3, 0.4) is 0 Å². The van der Waals surface area contributed by atoms with Crippen molar-refractivity contribution in [3.05, 3.63) is 0 Å². The first-order valence-corrected chi connectivity index (χ1v) is 36.5. The quantitative estimate of drug-likeness (QED) is 0.0222. The fourth-order valence-electron chi connectivity index (χ4n) is 9.53. The maximum Gasteiger partial charge on any atom is 0.472 e. The summed E-state index contributed by atoms with van der Waals surface area (Å²) in [5, 5.41) is 10.5. The largest absolute Gasteiger partial charge is 0.472 e. The van der Waals surface area contributed by atoms with Gasteiger partial charge in [-0.3, -0.25) is 37.3 Å². The van der Waals surface area contributed by atoms with Crippen molar-refractivity contribution in [1.82, 2.24) is 0 Å². The van der Waals surface area contributed by atoms with Crippen LogP contribution in [0, 0.1) is 11.8 Å². The molecule has 0 aliphatic heterocycles. The van der Waals surface area contributed by atoms with Crippen LogP contribution in [0.1, 0.15) is 318 Å². The molecule has 0 aromatic rings. The number of rotatable bonds is 63. The Labute approximate surface area is 505 Å². The summed E-state index contributed by atoms with van der Waals surface area (Å²) in [5.74, 6) is -0.657. The Morgan fingerprint density at radius 3 is 0.819 bits per heavy atom. The number of hydrogen-bond donors (Lipinski definition) is 3. The average molecular weight is 1230 g/mol. The van der Waals surface area contributed by atoms with Gasteiger partial charge in [-0.2, -0.15) is 0 Å². The summed E-state index contributed by atoms with van der Waals surface area (Å²) in [5.41, 5.74) is 0. The number of phosphoric ester groups is 2. The van der Waals surface area contributed by atoms with Gasteiger partial charge in [0.15, 0.2) is 12.2 Å². The Balaban J connectivity index is 5.23. The SMILES string of the molecule is CCCCCCCCCCCCCC(=O)O[C@H](COC(=O)CCCCCCCCCC)COP(=O)(O)OC[C@H](O)COP(=O)(O)OC[C@@H](COC(=O)CCCCCCCCCCC(C)C)OC(=O)CCCCCCCCCCCCC(C)C. The molecular formula is C64H124O17P2. The van der Waals surface area contributed by atoms with Crippen molar-refractivity contribution in [3.63, 3.8) is 0 Å². The molecule has 0 aromatic heterocycles. The number of aliphatic hydroxyl groups excluding tert-OH is 1.